The third-order valence-electron chi connectivity index (χ3n) is 3.33. The summed E-state index contributed by atoms with van der Waals surface area (Å²) in [5, 5.41) is 3.98. The largest absolute Gasteiger partial charge is 0.463 e. The highest BCUT2D eigenvalue weighted by Gasteiger charge is 2.30. The van der Waals surface area contributed by atoms with Crippen LogP contribution < -0.4 is 0 Å². The van der Waals surface area contributed by atoms with Gasteiger partial charge in [-0.15, -0.1) is 0 Å². The van der Waals surface area contributed by atoms with Crippen LogP contribution in [0.5, 0.6) is 0 Å². The summed E-state index contributed by atoms with van der Waals surface area (Å²) in [5.74, 6) is -0.388. The van der Waals surface area contributed by atoms with Crippen LogP contribution >= 0.6 is 0 Å². The van der Waals surface area contributed by atoms with Crippen LogP contribution in [-0.2, 0) is 14.4 Å². The van der Waals surface area contributed by atoms with E-state index in [9.17, 15) is 4.79 Å². The van der Waals surface area contributed by atoms with Gasteiger partial charge in [0.2, 0.25) is 6.10 Å². The molecule has 1 aliphatic heterocycles. The Bertz CT molecular complexity index is 698. The summed E-state index contributed by atoms with van der Waals surface area (Å²) in [5.41, 5.74) is 3.27. The highest BCUT2D eigenvalue weighted by atomic mass is 16.7. The molecule has 0 N–H and O–H groups in total. The second-order valence-electron chi connectivity index (χ2n) is 4.86. The number of carbonyl (C=O) groups is 1. The molecule has 1 aliphatic rings. The number of nitrogens with zero attached hydrogens (tertiary/aromatic N) is 2. The molecular formula is C17H16N2O3. The van der Waals surface area contributed by atoms with Crippen molar-refractivity contribution >= 4 is 11.7 Å². The van der Waals surface area contributed by atoms with Crippen LogP contribution in [0.25, 0.3) is 11.3 Å². The van der Waals surface area contributed by atoms with Gasteiger partial charge in [-0.1, -0.05) is 41.6 Å². The first-order valence-corrected chi connectivity index (χ1v) is 7.20. The standard InChI is InChI=1S/C17H16N2O3/c1-2-21-17(20)16-11-15(19-22-16)14-10-6-9-13(18-14)12-7-4-3-5-8-12/h3-10,16H,2,11H2,1H3. The number of carbonyl (C=O) groups excluding carboxylic acids is 1. The Morgan fingerprint density at radius 3 is 2.73 bits per heavy atom. The SMILES string of the molecule is CCOC(=O)C1CC(c2cccc(-c3ccccc3)n2)=NO1. The molecule has 0 spiro atoms. The monoisotopic (exact) mass is 296 g/mol. The van der Waals surface area contributed by atoms with Crippen molar-refractivity contribution in [3.63, 3.8) is 0 Å². The molecule has 1 aromatic carbocycles. The van der Waals surface area contributed by atoms with E-state index in [0.29, 0.717) is 24.4 Å². The topological polar surface area (TPSA) is 60.8 Å². The van der Waals surface area contributed by atoms with Gasteiger partial charge in [-0.05, 0) is 19.1 Å². The lowest BCUT2D eigenvalue weighted by molar-refractivity contribution is -0.154. The smallest absolute Gasteiger partial charge is 0.350 e. The summed E-state index contributed by atoms with van der Waals surface area (Å²) in [7, 11) is 0. The average Bonchev–Trinajstić information content (AvgIpc) is 3.06. The Hall–Kier alpha value is -2.69. The lowest BCUT2D eigenvalue weighted by Gasteiger charge is -2.06. The lowest BCUT2D eigenvalue weighted by Crippen LogP contribution is -2.23. The summed E-state index contributed by atoms with van der Waals surface area (Å²) in [6.45, 7) is 2.09. The van der Waals surface area contributed by atoms with Gasteiger partial charge in [0, 0.05) is 12.0 Å². The first-order valence-electron chi connectivity index (χ1n) is 7.20. The minimum absolute atomic E-state index is 0.329. The zero-order valence-corrected chi connectivity index (χ0v) is 12.2. The van der Waals surface area contributed by atoms with E-state index >= 15 is 0 Å². The van der Waals surface area contributed by atoms with Gasteiger partial charge in [0.25, 0.3) is 0 Å². The molecule has 1 atom stereocenters. The molecule has 1 unspecified atom stereocenters. The Kier molecular flexibility index (Phi) is 4.14. The fourth-order valence-electron chi connectivity index (χ4n) is 2.26. The summed E-state index contributed by atoms with van der Waals surface area (Å²) in [6, 6.07) is 15.6. The summed E-state index contributed by atoms with van der Waals surface area (Å²) < 4.78 is 4.95. The molecule has 0 aliphatic carbocycles. The van der Waals surface area contributed by atoms with Crippen molar-refractivity contribution in [2.24, 2.45) is 5.16 Å². The van der Waals surface area contributed by atoms with E-state index in [1.165, 1.54) is 0 Å². The van der Waals surface area contributed by atoms with Crippen LogP contribution in [0.4, 0.5) is 0 Å². The molecular weight excluding hydrogens is 280 g/mol. The van der Waals surface area contributed by atoms with E-state index in [1.807, 2.05) is 48.5 Å². The molecule has 2 aromatic rings. The molecule has 112 valence electrons. The number of hydrogen-bond acceptors (Lipinski definition) is 5. The van der Waals surface area contributed by atoms with E-state index in [-0.39, 0.29) is 5.97 Å². The number of rotatable bonds is 4. The zero-order chi connectivity index (χ0) is 15.4. The summed E-state index contributed by atoms with van der Waals surface area (Å²) in [4.78, 5) is 21.4. The normalized spacial score (nSPS) is 16.8. The van der Waals surface area contributed by atoms with Crippen LogP contribution in [0.1, 0.15) is 19.0 Å². The van der Waals surface area contributed by atoms with Gasteiger partial charge in [0.05, 0.1) is 18.0 Å². The van der Waals surface area contributed by atoms with Crippen molar-refractivity contribution in [3.8, 4) is 11.3 Å². The molecule has 3 rings (SSSR count). The van der Waals surface area contributed by atoms with Crippen molar-refractivity contribution in [2.75, 3.05) is 6.61 Å². The average molecular weight is 296 g/mol. The van der Waals surface area contributed by atoms with Crippen molar-refractivity contribution in [3.05, 3.63) is 54.2 Å². The lowest BCUT2D eigenvalue weighted by atomic mass is 10.1. The number of ether oxygens (including phenoxy) is 1. The fraction of sp³-hybridized carbons (Fsp3) is 0.235. The number of oxime groups is 1. The van der Waals surface area contributed by atoms with Gasteiger partial charge in [-0.25, -0.2) is 9.78 Å². The maximum Gasteiger partial charge on any atom is 0.350 e. The molecule has 0 amide bonds. The van der Waals surface area contributed by atoms with Crippen LogP contribution in [0, 0.1) is 0 Å². The van der Waals surface area contributed by atoms with Gasteiger partial charge in [0.1, 0.15) is 5.71 Å². The third-order valence-corrected chi connectivity index (χ3v) is 3.33. The van der Waals surface area contributed by atoms with Crippen LogP contribution in [-0.4, -0.2) is 29.4 Å². The van der Waals surface area contributed by atoms with E-state index in [4.69, 9.17) is 9.57 Å². The number of benzene rings is 1. The predicted molar refractivity (Wildman–Crippen MR) is 82.3 cm³/mol. The number of pyridine rings is 1. The van der Waals surface area contributed by atoms with E-state index in [1.54, 1.807) is 6.92 Å². The van der Waals surface area contributed by atoms with Gasteiger partial charge >= 0.3 is 5.97 Å². The fourth-order valence-corrected chi connectivity index (χ4v) is 2.26. The highest BCUT2D eigenvalue weighted by Crippen LogP contribution is 2.20. The van der Waals surface area contributed by atoms with Crippen LogP contribution in [0.2, 0.25) is 0 Å². The van der Waals surface area contributed by atoms with E-state index in [0.717, 1.165) is 11.3 Å². The first kappa shape index (κ1) is 14.3. The molecule has 0 saturated heterocycles. The summed E-state index contributed by atoms with van der Waals surface area (Å²) in [6.07, 6.45) is -0.290. The maximum atomic E-state index is 11.7. The van der Waals surface area contributed by atoms with E-state index in [2.05, 4.69) is 10.1 Å². The van der Waals surface area contributed by atoms with Crippen molar-refractivity contribution in [1.29, 1.82) is 0 Å². The first-order chi connectivity index (χ1) is 10.8. The Morgan fingerprint density at radius 1 is 1.18 bits per heavy atom. The highest BCUT2D eigenvalue weighted by molar-refractivity contribution is 6.02. The van der Waals surface area contributed by atoms with Gasteiger partial charge in [-0.2, -0.15) is 0 Å². The number of esters is 1. The second kappa shape index (κ2) is 6.39. The number of hydrogen-bond donors (Lipinski definition) is 0. The molecule has 0 saturated carbocycles. The minimum atomic E-state index is -0.669. The molecule has 5 nitrogen and oxygen atoms in total. The summed E-state index contributed by atoms with van der Waals surface area (Å²) >= 11 is 0. The van der Waals surface area contributed by atoms with E-state index < -0.39 is 6.10 Å². The van der Waals surface area contributed by atoms with Gasteiger partial charge in [0.15, 0.2) is 0 Å². The van der Waals surface area contributed by atoms with Gasteiger partial charge in [-0.3, -0.25) is 0 Å². The Balaban J connectivity index is 1.78. The van der Waals surface area contributed by atoms with Gasteiger partial charge < -0.3 is 9.57 Å². The molecule has 0 fully saturated rings. The molecule has 0 bridgehead atoms. The molecule has 5 heteroatoms. The zero-order valence-electron chi connectivity index (χ0n) is 12.2. The van der Waals surface area contributed by atoms with Crippen molar-refractivity contribution in [1.82, 2.24) is 4.98 Å². The molecule has 0 radical (unpaired) electrons. The van der Waals surface area contributed by atoms with Crippen LogP contribution in [0.3, 0.4) is 0 Å². The molecule has 22 heavy (non-hydrogen) atoms. The quantitative estimate of drug-likeness (QED) is 0.814. The predicted octanol–water partition coefficient (Wildman–Crippen LogP) is 2.80. The van der Waals surface area contributed by atoms with Crippen molar-refractivity contribution < 1.29 is 14.4 Å². The van der Waals surface area contributed by atoms with Crippen molar-refractivity contribution in [2.45, 2.75) is 19.4 Å². The van der Waals surface area contributed by atoms with Crippen LogP contribution in [0.15, 0.2) is 53.7 Å². The molecule has 2 heterocycles. The third kappa shape index (κ3) is 2.98. The Labute approximate surface area is 128 Å². The minimum Gasteiger partial charge on any atom is -0.463 e. The number of aromatic nitrogens is 1. The maximum absolute atomic E-state index is 11.7. The second-order valence-corrected chi connectivity index (χ2v) is 4.86. The molecule has 1 aromatic heterocycles. The Morgan fingerprint density at radius 2 is 1.95 bits per heavy atom.